The van der Waals surface area contributed by atoms with E-state index in [1.165, 1.54) is 24.3 Å². The second-order valence-corrected chi connectivity index (χ2v) is 13.7. The molecule has 19 heteroatoms. The van der Waals surface area contributed by atoms with Gasteiger partial charge < -0.3 is 29.0 Å². The summed E-state index contributed by atoms with van der Waals surface area (Å²) in [5, 5.41) is 41.5. The number of phenolic OH excluding ortho intramolecular Hbond substituents is 2. The maximum Gasteiger partial charge on any atom is 0.269 e. The Morgan fingerprint density at radius 3 is 1.59 bits per heavy atom. The third kappa shape index (κ3) is 8.43. The van der Waals surface area contributed by atoms with Gasteiger partial charge in [-0.3, -0.25) is 20.2 Å². The van der Waals surface area contributed by atoms with Crippen LogP contribution in [-0.2, 0) is 17.8 Å². The fraction of sp³-hybridized carbons (Fsp3) is 0.150. The third-order valence-electron chi connectivity index (χ3n) is 9.42. The molecule has 0 unspecified atom stereocenters. The molecule has 4 aromatic carbocycles. The van der Waals surface area contributed by atoms with Crippen molar-refractivity contribution in [3.05, 3.63) is 146 Å². The zero-order valence-corrected chi connectivity index (χ0v) is 31.6. The maximum absolute atomic E-state index is 10.9. The van der Waals surface area contributed by atoms with Crippen LogP contribution in [0.1, 0.15) is 11.1 Å². The van der Waals surface area contributed by atoms with Crippen molar-refractivity contribution in [2.75, 3.05) is 31.2 Å². The van der Waals surface area contributed by atoms with Crippen LogP contribution in [0.5, 0.6) is 11.5 Å². The van der Waals surface area contributed by atoms with E-state index >= 15 is 0 Å². The molecule has 0 spiro atoms. The van der Waals surface area contributed by atoms with Crippen molar-refractivity contribution in [2.24, 2.45) is 0 Å². The van der Waals surface area contributed by atoms with Crippen molar-refractivity contribution in [1.29, 1.82) is 0 Å². The van der Waals surface area contributed by atoms with E-state index < -0.39 is 9.85 Å². The lowest BCUT2D eigenvalue weighted by Gasteiger charge is -2.27. The molecule has 0 aliphatic carbocycles. The topological polar surface area (TPSA) is 226 Å². The lowest BCUT2D eigenvalue weighted by atomic mass is 10.1. The number of hydrogen-bond donors (Lipinski definition) is 2. The number of fused-ring (bicyclic) bond motifs is 2. The predicted octanol–water partition coefficient (Wildman–Crippen LogP) is 6.80. The Morgan fingerprint density at radius 1 is 0.644 bits per heavy atom. The molecule has 1 aliphatic rings. The van der Waals surface area contributed by atoms with Gasteiger partial charge in [0.05, 0.1) is 48.8 Å². The van der Waals surface area contributed by atoms with Crippen LogP contribution in [0.25, 0.3) is 44.8 Å². The minimum Gasteiger partial charge on any atom is -0.508 e. The smallest absolute Gasteiger partial charge is 0.269 e. The van der Waals surface area contributed by atoms with Gasteiger partial charge in [-0.15, -0.1) is 0 Å². The van der Waals surface area contributed by atoms with E-state index in [4.69, 9.17) is 26.3 Å². The average Bonchev–Trinajstić information content (AvgIpc) is 3.84. The Morgan fingerprint density at radius 2 is 1.12 bits per heavy atom. The summed E-state index contributed by atoms with van der Waals surface area (Å²) < 4.78 is 9.14. The van der Waals surface area contributed by atoms with E-state index in [1.807, 2.05) is 10.6 Å². The number of non-ortho nitro benzene ring substituents is 2. The fourth-order valence-corrected chi connectivity index (χ4v) is 6.70. The second kappa shape index (κ2) is 16.5. The van der Waals surface area contributed by atoms with E-state index in [-0.39, 0.29) is 28.2 Å². The lowest BCUT2D eigenvalue weighted by Crippen LogP contribution is -2.37. The molecule has 0 amide bonds. The Hall–Kier alpha value is -7.57. The number of benzene rings is 4. The highest BCUT2D eigenvalue weighted by Crippen LogP contribution is 2.31. The summed E-state index contributed by atoms with van der Waals surface area (Å²) >= 11 is 6.10. The lowest BCUT2D eigenvalue weighted by molar-refractivity contribution is -0.385. The maximum atomic E-state index is 10.9. The molecule has 296 valence electrons. The Bertz CT molecular complexity index is 2830. The van der Waals surface area contributed by atoms with Crippen LogP contribution in [0, 0.1) is 20.2 Å². The van der Waals surface area contributed by atoms with Gasteiger partial charge in [-0.05, 0) is 47.0 Å². The summed E-state index contributed by atoms with van der Waals surface area (Å²) in [6.07, 6.45) is 3.31. The first-order valence-electron chi connectivity index (χ1n) is 18.1. The summed E-state index contributed by atoms with van der Waals surface area (Å²) in [5.74, 6) is 0.831. The van der Waals surface area contributed by atoms with Crippen molar-refractivity contribution in [3.63, 3.8) is 0 Å². The van der Waals surface area contributed by atoms with Gasteiger partial charge in [-0.25, -0.2) is 19.9 Å². The number of aromatic nitrogens is 8. The van der Waals surface area contributed by atoms with Crippen LogP contribution in [0.3, 0.4) is 0 Å². The number of hydrogen-bond acceptors (Lipinski definition) is 14. The van der Waals surface area contributed by atoms with Crippen LogP contribution < -0.4 is 4.90 Å². The number of anilines is 1. The number of nitro groups is 2. The summed E-state index contributed by atoms with van der Waals surface area (Å²) in [5.41, 5.74) is 6.74. The number of rotatable bonds is 9. The number of halogens is 1. The summed E-state index contributed by atoms with van der Waals surface area (Å²) in [6.45, 7) is 3.44. The Kier molecular flexibility index (Phi) is 10.7. The van der Waals surface area contributed by atoms with Crippen molar-refractivity contribution in [2.45, 2.75) is 13.1 Å². The normalized spacial score (nSPS) is 12.7. The van der Waals surface area contributed by atoms with Gasteiger partial charge >= 0.3 is 0 Å². The number of nitro benzene ring substituents is 2. The third-order valence-corrected chi connectivity index (χ3v) is 9.59. The van der Waals surface area contributed by atoms with E-state index in [9.17, 15) is 30.4 Å². The summed E-state index contributed by atoms with van der Waals surface area (Å²) in [6, 6.07) is 26.3. The van der Waals surface area contributed by atoms with E-state index in [2.05, 4.69) is 24.8 Å². The molecule has 2 N–H and O–H groups in total. The standard InChI is InChI=1S/C22H20N6O4.C18H12ClN5O3/c29-18-3-1-2-16(12-18)19-20-21(25-22(24-19)26-8-10-32-11-9-26)27(14-23-20)13-15-4-6-17(7-5-15)28(30)31;19-18-21-15(12-2-1-3-14(25)8-12)16-17(22-18)23(10-20-16)9-11-4-6-13(7-5-11)24(26)27/h1-7,12,14,29H,8-11,13H2;1-8,10,25H,9H2. The van der Waals surface area contributed by atoms with Gasteiger partial charge in [0.25, 0.3) is 11.4 Å². The van der Waals surface area contributed by atoms with Gasteiger partial charge in [0.1, 0.15) is 33.9 Å². The number of imidazole rings is 2. The molecule has 5 heterocycles. The molecule has 0 saturated carbocycles. The van der Waals surface area contributed by atoms with E-state index in [0.717, 1.165) is 16.7 Å². The van der Waals surface area contributed by atoms with Crippen molar-refractivity contribution < 1.29 is 24.8 Å². The van der Waals surface area contributed by atoms with Gasteiger partial charge in [0.2, 0.25) is 11.2 Å². The average molecular weight is 814 g/mol. The minimum atomic E-state index is -0.440. The molecular formula is C40H32ClN11O7. The first-order chi connectivity index (χ1) is 28.6. The summed E-state index contributed by atoms with van der Waals surface area (Å²) in [4.78, 5) is 50.0. The quantitative estimate of drug-likeness (QED) is 0.0868. The molecule has 18 nitrogen and oxygen atoms in total. The molecule has 9 rings (SSSR count). The predicted molar refractivity (Wildman–Crippen MR) is 217 cm³/mol. The van der Waals surface area contributed by atoms with Gasteiger partial charge in [-0.1, -0.05) is 48.5 Å². The highest BCUT2D eigenvalue weighted by atomic mass is 35.5. The highest BCUT2D eigenvalue weighted by molar-refractivity contribution is 6.28. The zero-order chi connectivity index (χ0) is 41.0. The molecule has 59 heavy (non-hydrogen) atoms. The first-order valence-corrected chi connectivity index (χ1v) is 18.5. The zero-order valence-electron chi connectivity index (χ0n) is 30.9. The Labute approximate surface area is 338 Å². The first kappa shape index (κ1) is 38.3. The van der Waals surface area contributed by atoms with Gasteiger partial charge in [-0.2, -0.15) is 9.97 Å². The largest absolute Gasteiger partial charge is 0.508 e. The molecule has 0 atom stereocenters. The monoisotopic (exact) mass is 813 g/mol. The molecule has 1 aliphatic heterocycles. The molecule has 0 radical (unpaired) electrons. The van der Waals surface area contributed by atoms with Crippen molar-refractivity contribution in [1.82, 2.24) is 39.0 Å². The van der Waals surface area contributed by atoms with Gasteiger partial charge in [0, 0.05) is 48.5 Å². The minimum absolute atomic E-state index is 0.0331. The summed E-state index contributed by atoms with van der Waals surface area (Å²) in [7, 11) is 0. The van der Waals surface area contributed by atoms with Crippen molar-refractivity contribution >= 4 is 51.3 Å². The van der Waals surface area contributed by atoms with Crippen molar-refractivity contribution in [3.8, 4) is 34.0 Å². The number of morpholine rings is 1. The highest BCUT2D eigenvalue weighted by Gasteiger charge is 2.21. The molecular weight excluding hydrogens is 782 g/mol. The second-order valence-electron chi connectivity index (χ2n) is 13.4. The molecule has 8 aromatic rings. The van der Waals surface area contributed by atoms with Crippen LogP contribution in [-0.4, -0.2) is 85.4 Å². The molecule has 4 aromatic heterocycles. The van der Waals surface area contributed by atoms with Crippen LogP contribution in [0.15, 0.2) is 110 Å². The molecule has 1 fully saturated rings. The van der Waals surface area contributed by atoms with Crippen LogP contribution >= 0.6 is 11.6 Å². The molecule has 0 bridgehead atoms. The van der Waals surface area contributed by atoms with Crippen LogP contribution in [0.4, 0.5) is 17.3 Å². The number of nitrogens with zero attached hydrogens (tertiary/aromatic N) is 11. The fourth-order valence-electron chi connectivity index (χ4n) is 6.54. The SMILES string of the molecule is O=[N+]([O-])c1ccc(Cn2cnc3c(-c4cccc(O)c4)nc(Cl)nc32)cc1.O=[N+]([O-])c1ccc(Cn2cnc3c(-c4cccc(O)c4)nc(N4CCOCC4)nc32)cc1. The molecule has 1 saturated heterocycles. The van der Waals surface area contributed by atoms with Gasteiger partial charge in [0.15, 0.2) is 11.3 Å². The van der Waals surface area contributed by atoms with E-state index in [0.29, 0.717) is 84.6 Å². The van der Waals surface area contributed by atoms with E-state index in [1.54, 1.807) is 84.0 Å². The Balaban J connectivity index is 0.000000167. The number of aromatic hydroxyl groups is 2. The van der Waals surface area contributed by atoms with Crippen LogP contribution in [0.2, 0.25) is 5.28 Å². The number of ether oxygens (including phenoxy) is 1. The number of phenols is 2.